The Labute approximate surface area is 130 Å². The molecule has 1 atom stereocenters. The predicted octanol–water partition coefficient (Wildman–Crippen LogP) is 4.68. The van der Waals surface area contributed by atoms with Gasteiger partial charge in [-0.1, -0.05) is 28.9 Å². The summed E-state index contributed by atoms with van der Waals surface area (Å²) < 4.78 is 0.916. The summed E-state index contributed by atoms with van der Waals surface area (Å²) in [6.45, 7) is 2.06. The first kappa shape index (κ1) is 14.6. The van der Waals surface area contributed by atoms with Crippen LogP contribution in [0, 0.1) is 0 Å². The summed E-state index contributed by atoms with van der Waals surface area (Å²) in [7, 11) is 0. The van der Waals surface area contributed by atoms with Crippen LogP contribution in [0.25, 0.3) is 0 Å². The third-order valence-electron chi connectivity index (χ3n) is 2.80. The highest BCUT2D eigenvalue weighted by Gasteiger charge is 2.16. The van der Waals surface area contributed by atoms with E-state index in [0.717, 1.165) is 10.9 Å². The summed E-state index contributed by atoms with van der Waals surface area (Å²) in [6.07, 6.45) is 0.866. The molecule has 1 heterocycles. The van der Waals surface area contributed by atoms with Crippen LogP contribution >= 0.6 is 39.9 Å². The van der Waals surface area contributed by atoms with E-state index in [1.165, 1.54) is 4.88 Å². The summed E-state index contributed by atoms with van der Waals surface area (Å²) >= 11 is 9.37. The second kappa shape index (κ2) is 6.59. The molecule has 0 spiro atoms. The highest BCUT2D eigenvalue weighted by Crippen LogP contribution is 2.24. The maximum Gasteiger partial charge on any atom is 0.252 e. The van der Waals surface area contributed by atoms with Crippen LogP contribution in [0.5, 0.6) is 0 Å². The van der Waals surface area contributed by atoms with Crippen molar-refractivity contribution in [2.24, 2.45) is 0 Å². The minimum atomic E-state index is -0.0854. The van der Waals surface area contributed by atoms with Crippen molar-refractivity contribution in [2.45, 2.75) is 24.3 Å². The number of thiophene rings is 1. The van der Waals surface area contributed by atoms with Crippen LogP contribution in [-0.4, -0.2) is 5.91 Å². The van der Waals surface area contributed by atoms with E-state index < -0.39 is 0 Å². The van der Waals surface area contributed by atoms with Gasteiger partial charge in [-0.25, -0.2) is 0 Å². The molecule has 1 unspecified atom stereocenters. The van der Waals surface area contributed by atoms with Gasteiger partial charge in [-0.2, -0.15) is 0 Å². The molecule has 1 amide bonds. The number of carbonyl (C=O) groups excluding carboxylic acids is 1. The summed E-state index contributed by atoms with van der Waals surface area (Å²) in [6, 6.07) is 9.55. The molecule has 0 aliphatic carbocycles. The van der Waals surface area contributed by atoms with Crippen molar-refractivity contribution in [3.05, 3.63) is 50.6 Å². The van der Waals surface area contributed by atoms with E-state index in [1.807, 2.05) is 29.6 Å². The normalized spacial score (nSPS) is 12.2. The molecular weight excluding hydrogens is 342 g/mol. The highest BCUT2D eigenvalue weighted by molar-refractivity contribution is 9.10. The van der Waals surface area contributed by atoms with Crippen LogP contribution in [0.3, 0.4) is 0 Å². The molecule has 1 aromatic carbocycles. The lowest BCUT2D eigenvalue weighted by atomic mass is 10.1. The Bertz CT molecular complexity index is 569. The van der Waals surface area contributed by atoms with E-state index in [9.17, 15) is 4.79 Å². The monoisotopic (exact) mass is 355 g/mol. The molecule has 2 aromatic rings. The lowest BCUT2D eigenvalue weighted by Gasteiger charge is -2.16. The maximum atomic E-state index is 12.3. The summed E-state index contributed by atoms with van der Waals surface area (Å²) in [5.74, 6) is -0.0854. The van der Waals surface area contributed by atoms with E-state index >= 15 is 0 Å². The zero-order valence-electron chi connectivity index (χ0n) is 10.4. The van der Waals surface area contributed by atoms with Crippen LogP contribution in [-0.2, 0) is 0 Å². The number of carbonyl (C=O) groups is 1. The van der Waals surface area contributed by atoms with Gasteiger partial charge in [0.25, 0.3) is 5.91 Å². The molecule has 0 radical (unpaired) electrons. The number of hydrogen-bond acceptors (Lipinski definition) is 3. The summed E-state index contributed by atoms with van der Waals surface area (Å²) in [5.41, 5.74) is 0.599. The van der Waals surface area contributed by atoms with Crippen LogP contribution in [0.15, 0.2) is 45.1 Å². The Morgan fingerprint density at radius 2 is 2.26 bits per heavy atom. The van der Waals surface area contributed by atoms with E-state index in [4.69, 9.17) is 0 Å². The van der Waals surface area contributed by atoms with E-state index in [1.54, 1.807) is 17.4 Å². The van der Waals surface area contributed by atoms with E-state index in [-0.39, 0.29) is 11.9 Å². The third-order valence-corrected chi connectivity index (χ3v) is 4.65. The van der Waals surface area contributed by atoms with Crippen molar-refractivity contribution in [1.29, 1.82) is 0 Å². The maximum absolute atomic E-state index is 12.3. The Morgan fingerprint density at radius 1 is 1.47 bits per heavy atom. The van der Waals surface area contributed by atoms with Crippen molar-refractivity contribution in [1.82, 2.24) is 5.32 Å². The molecule has 1 aromatic heterocycles. The molecule has 2 nitrogen and oxygen atoms in total. The number of rotatable bonds is 4. The largest absolute Gasteiger partial charge is 0.344 e. The number of nitrogens with one attached hydrogen (secondary N) is 1. The Hall–Kier alpha value is -0.780. The van der Waals surface area contributed by atoms with Crippen LogP contribution in [0.2, 0.25) is 0 Å². The topological polar surface area (TPSA) is 29.1 Å². The van der Waals surface area contributed by atoms with Crippen molar-refractivity contribution < 1.29 is 4.79 Å². The molecule has 100 valence electrons. The van der Waals surface area contributed by atoms with Crippen molar-refractivity contribution in [2.75, 3.05) is 0 Å². The molecule has 2 rings (SSSR count). The molecule has 19 heavy (non-hydrogen) atoms. The zero-order chi connectivity index (χ0) is 13.8. The Balaban J connectivity index is 2.16. The molecule has 0 aliphatic rings. The fourth-order valence-electron chi connectivity index (χ4n) is 1.80. The molecule has 0 saturated carbocycles. The van der Waals surface area contributed by atoms with Gasteiger partial charge in [0.15, 0.2) is 0 Å². The average molecular weight is 356 g/mol. The number of amides is 1. The van der Waals surface area contributed by atoms with Gasteiger partial charge in [0, 0.05) is 14.2 Å². The summed E-state index contributed by atoms with van der Waals surface area (Å²) in [4.78, 5) is 14.1. The molecule has 0 fully saturated rings. The Morgan fingerprint density at radius 3 is 2.84 bits per heavy atom. The lowest BCUT2D eigenvalue weighted by molar-refractivity contribution is 0.0933. The molecule has 0 aliphatic heterocycles. The first-order valence-corrected chi connectivity index (χ1v) is 8.06. The van der Waals surface area contributed by atoms with Crippen LogP contribution < -0.4 is 5.32 Å². The van der Waals surface area contributed by atoms with E-state index in [2.05, 4.69) is 40.8 Å². The van der Waals surface area contributed by atoms with Gasteiger partial charge in [-0.15, -0.1) is 24.0 Å². The van der Waals surface area contributed by atoms with Gasteiger partial charge in [-0.3, -0.25) is 4.79 Å². The smallest absolute Gasteiger partial charge is 0.252 e. The number of halogens is 1. The summed E-state index contributed by atoms with van der Waals surface area (Å²) in [5, 5.41) is 5.07. The first-order valence-electron chi connectivity index (χ1n) is 5.94. The van der Waals surface area contributed by atoms with Crippen LogP contribution in [0.1, 0.15) is 34.6 Å². The second-order valence-corrected chi connectivity index (χ2v) is 6.49. The molecule has 0 bridgehead atoms. The zero-order valence-corrected chi connectivity index (χ0v) is 13.7. The Kier molecular flexibility index (Phi) is 5.07. The standard InChI is InChI=1S/C14H14BrNOS2/c1-2-11(13-4-3-7-19-13)16-14(17)10-6-5-9(15)8-12(10)18/h3-8,11,18H,2H2,1H3,(H,16,17). The van der Waals surface area contributed by atoms with Crippen LogP contribution in [0.4, 0.5) is 0 Å². The molecule has 5 heteroatoms. The van der Waals surface area contributed by atoms with Crippen molar-refractivity contribution in [3.63, 3.8) is 0 Å². The van der Waals surface area contributed by atoms with Gasteiger partial charge in [-0.05, 0) is 36.1 Å². The quantitative estimate of drug-likeness (QED) is 0.766. The fraction of sp³-hybridized carbons (Fsp3) is 0.214. The van der Waals surface area contributed by atoms with Gasteiger partial charge in [0.2, 0.25) is 0 Å². The third kappa shape index (κ3) is 3.61. The minimum absolute atomic E-state index is 0.0591. The molecule has 1 N–H and O–H groups in total. The van der Waals surface area contributed by atoms with Gasteiger partial charge < -0.3 is 5.32 Å². The number of benzene rings is 1. The van der Waals surface area contributed by atoms with E-state index in [0.29, 0.717) is 10.5 Å². The fourth-order valence-corrected chi connectivity index (χ4v) is 3.51. The highest BCUT2D eigenvalue weighted by atomic mass is 79.9. The molecule has 0 saturated heterocycles. The molecular formula is C14H14BrNOS2. The van der Waals surface area contributed by atoms with Crippen molar-refractivity contribution >= 4 is 45.8 Å². The van der Waals surface area contributed by atoms with Gasteiger partial charge >= 0.3 is 0 Å². The predicted molar refractivity (Wildman–Crippen MR) is 86.2 cm³/mol. The first-order chi connectivity index (χ1) is 9.11. The van der Waals surface area contributed by atoms with Gasteiger partial charge in [0.05, 0.1) is 11.6 Å². The second-order valence-electron chi connectivity index (χ2n) is 4.11. The SMILES string of the molecule is CCC(NC(=O)c1ccc(Br)cc1S)c1cccs1. The van der Waals surface area contributed by atoms with Gasteiger partial charge in [0.1, 0.15) is 0 Å². The van der Waals surface area contributed by atoms with Crippen molar-refractivity contribution in [3.8, 4) is 0 Å². The number of thiol groups is 1. The number of hydrogen-bond donors (Lipinski definition) is 2. The lowest BCUT2D eigenvalue weighted by Crippen LogP contribution is -2.27. The minimum Gasteiger partial charge on any atom is -0.344 e. The average Bonchev–Trinajstić information content (AvgIpc) is 2.89.